The first kappa shape index (κ1) is 16.7. The van der Waals surface area contributed by atoms with Gasteiger partial charge in [-0.15, -0.1) is 0 Å². The number of hydrogen-bond acceptors (Lipinski definition) is 3. The third-order valence-electron chi connectivity index (χ3n) is 4.14. The molecule has 4 nitrogen and oxygen atoms in total. The van der Waals surface area contributed by atoms with E-state index in [0.29, 0.717) is 17.0 Å². The summed E-state index contributed by atoms with van der Waals surface area (Å²) in [7, 11) is 0. The van der Waals surface area contributed by atoms with Crippen molar-refractivity contribution in [2.75, 3.05) is 0 Å². The Labute approximate surface area is 146 Å². The minimum atomic E-state index is -0.285. The van der Waals surface area contributed by atoms with Gasteiger partial charge in [0.25, 0.3) is 5.91 Å². The van der Waals surface area contributed by atoms with Gasteiger partial charge in [0, 0.05) is 16.5 Å². The highest BCUT2D eigenvalue weighted by Gasteiger charge is 2.06. The molecule has 0 radical (unpaired) electrons. The predicted molar refractivity (Wildman–Crippen MR) is 101 cm³/mol. The summed E-state index contributed by atoms with van der Waals surface area (Å²) >= 11 is 0. The van der Waals surface area contributed by atoms with Crippen molar-refractivity contribution in [3.8, 4) is 5.75 Å². The largest absolute Gasteiger partial charge is 0.507 e. The summed E-state index contributed by atoms with van der Waals surface area (Å²) in [4.78, 5) is 12.1. The van der Waals surface area contributed by atoms with E-state index < -0.39 is 0 Å². The first-order valence-corrected chi connectivity index (χ1v) is 8.20. The molecular formula is C21H20N2O2. The second-order valence-electron chi connectivity index (χ2n) is 6.20. The molecule has 3 aromatic rings. The number of carbonyl (C=O) groups excluding carboxylic acids is 1. The fraction of sp³-hybridized carbons (Fsp3) is 0.143. The van der Waals surface area contributed by atoms with Crippen molar-refractivity contribution in [3.05, 3.63) is 77.4 Å². The number of hydrazone groups is 1. The molecule has 0 aromatic heterocycles. The topological polar surface area (TPSA) is 61.7 Å². The first-order chi connectivity index (χ1) is 12.1. The van der Waals surface area contributed by atoms with Gasteiger partial charge >= 0.3 is 0 Å². The van der Waals surface area contributed by atoms with Crippen molar-refractivity contribution in [1.82, 2.24) is 5.43 Å². The van der Waals surface area contributed by atoms with Crippen LogP contribution in [-0.4, -0.2) is 17.2 Å². The van der Waals surface area contributed by atoms with Crippen molar-refractivity contribution in [1.29, 1.82) is 0 Å². The van der Waals surface area contributed by atoms with Gasteiger partial charge in [0.1, 0.15) is 5.75 Å². The van der Waals surface area contributed by atoms with Crippen molar-refractivity contribution < 1.29 is 9.90 Å². The van der Waals surface area contributed by atoms with E-state index in [-0.39, 0.29) is 11.7 Å². The third kappa shape index (κ3) is 3.69. The molecule has 1 amide bonds. The van der Waals surface area contributed by atoms with Crippen LogP contribution in [0.3, 0.4) is 0 Å². The van der Waals surface area contributed by atoms with Gasteiger partial charge in [-0.1, -0.05) is 56.3 Å². The maximum absolute atomic E-state index is 12.1. The van der Waals surface area contributed by atoms with Gasteiger partial charge in [0.15, 0.2) is 0 Å². The number of phenols is 1. The van der Waals surface area contributed by atoms with E-state index in [1.165, 1.54) is 11.8 Å². The highest BCUT2D eigenvalue weighted by Crippen LogP contribution is 2.27. The molecule has 0 aliphatic heterocycles. The van der Waals surface area contributed by atoms with Gasteiger partial charge < -0.3 is 5.11 Å². The highest BCUT2D eigenvalue weighted by atomic mass is 16.3. The van der Waals surface area contributed by atoms with Gasteiger partial charge in [-0.05, 0) is 35.1 Å². The minimum Gasteiger partial charge on any atom is -0.507 e. The highest BCUT2D eigenvalue weighted by molar-refractivity contribution is 5.98. The molecule has 3 aromatic carbocycles. The molecule has 0 aliphatic carbocycles. The van der Waals surface area contributed by atoms with E-state index in [9.17, 15) is 9.90 Å². The number of phenolic OH excluding ortho intramolecular Hbond substituents is 1. The quantitative estimate of drug-likeness (QED) is 0.548. The fourth-order valence-electron chi connectivity index (χ4n) is 2.62. The third-order valence-corrected chi connectivity index (χ3v) is 4.14. The number of rotatable bonds is 4. The average molecular weight is 332 g/mol. The monoisotopic (exact) mass is 332 g/mol. The summed E-state index contributed by atoms with van der Waals surface area (Å²) in [6.45, 7) is 4.21. The number of nitrogens with one attached hydrogen (secondary N) is 1. The predicted octanol–water partition coefficient (Wildman–Crippen LogP) is 4.43. The smallest absolute Gasteiger partial charge is 0.271 e. The molecule has 0 fully saturated rings. The molecule has 0 atom stereocenters. The van der Waals surface area contributed by atoms with E-state index in [4.69, 9.17) is 0 Å². The number of nitrogens with zero attached hydrogens (tertiary/aromatic N) is 1. The van der Waals surface area contributed by atoms with Gasteiger partial charge in [0.2, 0.25) is 0 Å². The Hall–Kier alpha value is -3.14. The maximum Gasteiger partial charge on any atom is 0.271 e. The molecule has 3 rings (SSSR count). The van der Waals surface area contributed by atoms with Crippen LogP contribution < -0.4 is 5.43 Å². The number of amides is 1. The number of carbonyl (C=O) groups is 1. The summed E-state index contributed by atoms with van der Waals surface area (Å²) in [6.07, 6.45) is 1.45. The van der Waals surface area contributed by atoms with Crippen LogP contribution in [0.25, 0.3) is 10.8 Å². The van der Waals surface area contributed by atoms with Crippen molar-refractivity contribution in [2.45, 2.75) is 19.8 Å². The number of aromatic hydroxyl groups is 1. The Morgan fingerprint density at radius 3 is 2.48 bits per heavy atom. The summed E-state index contributed by atoms with van der Waals surface area (Å²) < 4.78 is 0. The maximum atomic E-state index is 12.1. The van der Waals surface area contributed by atoms with Crippen molar-refractivity contribution in [3.63, 3.8) is 0 Å². The van der Waals surface area contributed by atoms with Crippen LogP contribution in [0.15, 0.2) is 65.8 Å². The van der Waals surface area contributed by atoms with Gasteiger partial charge in [-0.3, -0.25) is 4.79 Å². The van der Waals surface area contributed by atoms with Crippen LogP contribution in [-0.2, 0) is 0 Å². The lowest BCUT2D eigenvalue weighted by Gasteiger charge is -2.06. The van der Waals surface area contributed by atoms with Crippen LogP contribution >= 0.6 is 0 Å². The lowest BCUT2D eigenvalue weighted by atomic mass is 10.0. The lowest BCUT2D eigenvalue weighted by molar-refractivity contribution is 0.0955. The zero-order valence-electron chi connectivity index (χ0n) is 14.2. The number of fused-ring (bicyclic) bond motifs is 1. The SMILES string of the molecule is CC(C)c1ccc(C(=O)NN=Cc2ccc3ccccc3c2O)cc1. The summed E-state index contributed by atoms with van der Waals surface area (Å²) in [5.41, 5.74) is 4.77. The molecule has 2 N–H and O–H groups in total. The normalized spacial score (nSPS) is 11.3. The van der Waals surface area contributed by atoms with Gasteiger partial charge in [0.05, 0.1) is 6.21 Å². The zero-order chi connectivity index (χ0) is 17.8. The average Bonchev–Trinajstić information content (AvgIpc) is 2.64. The van der Waals surface area contributed by atoms with E-state index >= 15 is 0 Å². The Balaban J connectivity index is 1.72. The first-order valence-electron chi connectivity index (χ1n) is 8.20. The van der Waals surface area contributed by atoms with Crippen LogP contribution in [0.2, 0.25) is 0 Å². The summed E-state index contributed by atoms with van der Waals surface area (Å²) in [5, 5.41) is 16.0. The Morgan fingerprint density at radius 2 is 1.76 bits per heavy atom. The van der Waals surface area contributed by atoms with Gasteiger partial charge in [-0.2, -0.15) is 5.10 Å². The van der Waals surface area contributed by atoms with Crippen LogP contribution in [0, 0.1) is 0 Å². The fourth-order valence-corrected chi connectivity index (χ4v) is 2.62. The molecular weight excluding hydrogens is 312 g/mol. The number of hydrogen-bond donors (Lipinski definition) is 2. The molecule has 126 valence electrons. The number of benzene rings is 3. The standard InChI is InChI=1S/C21H20N2O2/c1-14(2)15-7-10-17(11-8-15)21(25)23-22-13-18-12-9-16-5-3-4-6-19(16)20(18)24/h3-14,24H,1-2H3,(H,23,25). The van der Waals surface area contributed by atoms with E-state index in [2.05, 4.69) is 24.4 Å². The van der Waals surface area contributed by atoms with Crippen LogP contribution in [0.4, 0.5) is 0 Å². The Morgan fingerprint density at radius 1 is 1.04 bits per heavy atom. The molecule has 0 unspecified atom stereocenters. The van der Waals surface area contributed by atoms with E-state index in [0.717, 1.165) is 10.8 Å². The molecule has 0 spiro atoms. The molecule has 0 heterocycles. The van der Waals surface area contributed by atoms with E-state index in [1.54, 1.807) is 18.2 Å². The van der Waals surface area contributed by atoms with Crippen LogP contribution in [0.5, 0.6) is 5.75 Å². The Bertz CT molecular complexity index is 928. The van der Waals surface area contributed by atoms with E-state index in [1.807, 2.05) is 42.5 Å². The molecule has 0 bridgehead atoms. The lowest BCUT2D eigenvalue weighted by Crippen LogP contribution is -2.17. The second-order valence-corrected chi connectivity index (χ2v) is 6.20. The second kappa shape index (κ2) is 7.18. The summed E-state index contributed by atoms with van der Waals surface area (Å²) in [6, 6.07) is 18.7. The Kier molecular flexibility index (Phi) is 4.80. The van der Waals surface area contributed by atoms with Crippen LogP contribution in [0.1, 0.15) is 41.3 Å². The molecule has 25 heavy (non-hydrogen) atoms. The zero-order valence-corrected chi connectivity index (χ0v) is 14.2. The van der Waals surface area contributed by atoms with Crippen molar-refractivity contribution in [2.24, 2.45) is 5.10 Å². The molecule has 0 aliphatic rings. The minimum absolute atomic E-state index is 0.150. The molecule has 4 heteroatoms. The molecule has 0 saturated carbocycles. The summed E-state index contributed by atoms with van der Waals surface area (Å²) in [5.74, 6) is 0.287. The van der Waals surface area contributed by atoms with Gasteiger partial charge in [-0.25, -0.2) is 5.43 Å². The van der Waals surface area contributed by atoms with Crippen molar-refractivity contribution >= 4 is 22.9 Å². The molecule has 0 saturated heterocycles.